The van der Waals surface area contributed by atoms with Gasteiger partial charge in [-0.3, -0.25) is 9.97 Å². The van der Waals surface area contributed by atoms with Gasteiger partial charge in [0.25, 0.3) is 0 Å². The lowest BCUT2D eigenvalue weighted by atomic mass is 10.2. The van der Waals surface area contributed by atoms with Crippen molar-refractivity contribution >= 4 is 28.2 Å². The van der Waals surface area contributed by atoms with E-state index in [-0.39, 0.29) is 0 Å². The molecule has 0 unspecified atom stereocenters. The first-order chi connectivity index (χ1) is 9.36. The van der Waals surface area contributed by atoms with E-state index in [1.807, 2.05) is 37.4 Å². The Balaban J connectivity index is 2.01. The van der Waals surface area contributed by atoms with Crippen LogP contribution in [0.4, 0.5) is 17.3 Å². The minimum Gasteiger partial charge on any atom is -0.372 e. The van der Waals surface area contributed by atoms with E-state index in [1.54, 1.807) is 18.6 Å². The average Bonchev–Trinajstić information content (AvgIpc) is 2.48. The van der Waals surface area contributed by atoms with Gasteiger partial charge in [0, 0.05) is 24.3 Å². The van der Waals surface area contributed by atoms with E-state index in [4.69, 9.17) is 0 Å². The highest BCUT2D eigenvalue weighted by Gasteiger charge is 2.03. The summed E-state index contributed by atoms with van der Waals surface area (Å²) >= 11 is 0. The molecule has 0 saturated carbocycles. The molecule has 2 aromatic heterocycles. The van der Waals surface area contributed by atoms with Gasteiger partial charge in [0.2, 0.25) is 0 Å². The van der Waals surface area contributed by atoms with Crippen molar-refractivity contribution in [3.05, 3.63) is 48.9 Å². The Bertz CT molecular complexity index is 706. The minimum absolute atomic E-state index is 0.697. The van der Waals surface area contributed by atoms with Crippen LogP contribution in [-0.4, -0.2) is 22.0 Å². The summed E-state index contributed by atoms with van der Waals surface area (Å²) in [5, 5.41) is 7.29. The molecule has 5 nitrogen and oxygen atoms in total. The Morgan fingerprint density at radius 2 is 1.89 bits per heavy atom. The second kappa shape index (κ2) is 4.89. The molecule has 0 bridgehead atoms. The van der Waals surface area contributed by atoms with Gasteiger partial charge in [0.05, 0.1) is 17.9 Å². The van der Waals surface area contributed by atoms with Crippen molar-refractivity contribution in [2.75, 3.05) is 17.7 Å². The molecule has 1 aromatic carbocycles. The molecule has 19 heavy (non-hydrogen) atoms. The molecule has 0 atom stereocenters. The molecule has 0 radical (unpaired) electrons. The lowest BCUT2D eigenvalue weighted by Gasteiger charge is -2.09. The quantitative estimate of drug-likeness (QED) is 0.749. The lowest BCUT2D eigenvalue weighted by molar-refractivity contribution is 1.19. The van der Waals surface area contributed by atoms with E-state index in [1.165, 1.54) is 0 Å². The Morgan fingerprint density at radius 3 is 2.79 bits per heavy atom. The van der Waals surface area contributed by atoms with Gasteiger partial charge in [-0.2, -0.15) is 0 Å². The molecule has 5 heteroatoms. The highest BCUT2D eigenvalue weighted by atomic mass is 15.1. The van der Waals surface area contributed by atoms with Crippen LogP contribution in [0.5, 0.6) is 0 Å². The zero-order valence-electron chi connectivity index (χ0n) is 10.5. The van der Waals surface area contributed by atoms with Crippen LogP contribution < -0.4 is 10.6 Å². The minimum atomic E-state index is 0.697. The molecule has 2 heterocycles. The van der Waals surface area contributed by atoms with Crippen molar-refractivity contribution < 1.29 is 0 Å². The molecule has 0 fully saturated rings. The van der Waals surface area contributed by atoms with Crippen LogP contribution in [-0.2, 0) is 0 Å². The highest BCUT2D eigenvalue weighted by Crippen LogP contribution is 2.24. The van der Waals surface area contributed by atoms with E-state index >= 15 is 0 Å². The first-order valence-corrected chi connectivity index (χ1v) is 5.97. The van der Waals surface area contributed by atoms with Crippen LogP contribution in [0.2, 0.25) is 0 Å². The second-order valence-corrected chi connectivity index (χ2v) is 4.04. The number of nitrogens with one attached hydrogen (secondary N) is 2. The summed E-state index contributed by atoms with van der Waals surface area (Å²) in [4.78, 5) is 12.8. The highest BCUT2D eigenvalue weighted by molar-refractivity contribution is 5.92. The molecular formula is C14H13N5. The topological polar surface area (TPSA) is 62.7 Å². The molecule has 94 valence electrons. The number of benzene rings is 1. The number of anilines is 3. The summed E-state index contributed by atoms with van der Waals surface area (Å²) in [7, 11) is 1.82. The van der Waals surface area contributed by atoms with Crippen LogP contribution in [0, 0.1) is 0 Å². The first-order valence-electron chi connectivity index (χ1n) is 5.97. The third-order valence-electron chi connectivity index (χ3n) is 2.80. The molecule has 2 N–H and O–H groups in total. The SMILES string of the molecule is CNc1cncc(Nc2cccc3ncccc23)n1. The van der Waals surface area contributed by atoms with E-state index in [9.17, 15) is 0 Å². The van der Waals surface area contributed by atoms with Gasteiger partial charge in [-0.1, -0.05) is 6.07 Å². The van der Waals surface area contributed by atoms with Crippen molar-refractivity contribution in [3.8, 4) is 0 Å². The number of fused-ring (bicyclic) bond motifs is 1. The summed E-state index contributed by atoms with van der Waals surface area (Å²) in [6.45, 7) is 0. The van der Waals surface area contributed by atoms with Crippen molar-refractivity contribution in [2.45, 2.75) is 0 Å². The normalized spacial score (nSPS) is 10.4. The summed E-state index contributed by atoms with van der Waals surface area (Å²) in [6, 6.07) is 9.89. The number of pyridine rings is 1. The zero-order valence-corrected chi connectivity index (χ0v) is 10.5. The summed E-state index contributed by atoms with van der Waals surface area (Å²) in [5.74, 6) is 1.42. The lowest BCUT2D eigenvalue weighted by Crippen LogP contribution is -1.99. The van der Waals surface area contributed by atoms with Crippen molar-refractivity contribution in [2.24, 2.45) is 0 Å². The van der Waals surface area contributed by atoms with Crippen LogP contribution >= 0.6 is 0 Å². The number of hydrogen-bond donors (Lipinski definition) is 2. The molecule has 3 aromatic rings. The maximum absolute atomic E-state index is 4.39. The van der Waals surface area contributed by atoms with Gasteiger partial charge in [0.1, 0.15) is 5.82 Å². The molecular weight excluding hydrogens is 238 g/mol. The van der Waals surface area contributed by atoms with Gasteiger partial charge in [-0.15, -0.1) is 0 Å². The molecule has 0 aliphatic rings. The van der Waals surface area contributed by atoms with Gasteiger partial charge in [0.15, 0.2) is 5.82 Å². The van der Waals surface area contributed by atoms with Gasteiger partial charge in [-0.05, 0) is 24.3 Å². The van der Waals surface area contributed by atoms with Crippen LogP contribution in [0.25, 0.3) is 10.9 Å². The summed E-state index contributed by atoms with van der Waals surface area (Å²) in [6.07, 6.45) is 5.15. The second-order valence-electron chi connectivity index (χ2n) is 4.04. The Labute approximate surface area is 110 Å². The Kier molecular flexibility index (Phi) is 2.94. The molecule has 0 spiro atoms. The first kappa shape index (κ1) is 11.4. The fraction of sp³-hybridized carbons (Fsp3) is 0.0714. The fourth-order valence-electron chi connectivity index (χ4n) is 1.90. The Hall–Kier alpha value is -2.69. The maximum Gasteiger partial charge on any atom is 0.151 e. The fourth-order valence-corrected chi connectivity index (χ4v) is 1.90. The van der Waals surface area contributed by atoms with Crippen molar-refractivity contribution in [3.63, 3.8) is 0 Å². The van der Waals surface area contributed by atoms with Gasteiger partial charge < -0.3 is 10.6 Å². The van der Waals surface area contributed by atoms with Crippen LogP contribution in [0.1, 0.15) is 0 Å². The largest absolute Gasteiger partial charge is 0.372 e. The van der Waals surface area contributed by atoms with E-state index in [0.29, 0.717) is 5.82 Å². The van der Waals surface area contributed by atoms with Crippen molar-refractivity contribution in [1.29, 1.82) is 0 Å². The van der Waals surface area contributed by atoms with Crippen molar-refractivity contribution in [1.82, 2.24) is 15.0 Å². The van der Waals surface area contributed by atoms with Crippen LogP contribution in [0.15, 0.2) is 48.9 Å². The van der Waals surface area contributed by atoms with E-state index in [0.717, 1.165) is 22.4 Å². The smallest absolute Gasteiger partial charge is 0.151 e. The number of aromatic nitrogens is 3. The molecule has 3 rings (SSSR count). The summed E-state index contributed by atoms with van der Waals surface area (Å²) in [5.41, 5.74) is 1.92. The molecule has 0 aliphatic heterocycles. The van der Waals surface area contributed by atoms with E-state index < -0.39 is 0 Å². The molecule has 0 aliphatic carbocycles. The number of hydrogen-bond acceptors (Lipinski definition) is 5. The maximum atomic E-state index is 4.39. The van der Waals surface area contributed by atoms with E-state index in [2.05, 4.69) is 25.6 Å². The Morgan fingerprint density at radius 1 is 1.00 bits per heavy atom. The summed E-state index contributed by atoms with van der Waals surface area (Å²) < 4.78 is 0. The molecule has 0 amide bonds. The monoisotopic (exact) mass is 251 g/mol. The predicted molar refractivity (Wildman–Crippen MR) is 76.6 cm³/mol. The standard InChI is InChI=1S/C14H13N5/c1-15-13-8-16-9-14(19-13)18-12-6-2-5-11-10(12)4-3-7-17-11/h2-9H,1H3,(H2,15,18,19). The third-order valence-corrected chi connectivity index (χ3v) is 2.80. The van der Waals surface area contributed by atoms with Gasteiger partial charge >= 0.3 is 0 Å². The number of nitrogens with zero attached hydrogens (tertiary/aromatic N) is 3. The number of rotatable bonds is 3. The molecule has 0 saturated heterocycles. The zero-order chi connectivity index (χ0) is 13.1. The predicted octanol–water partition coefficient (Wildman–Crippen LogP) is 2.81. The van der Waals surface area contributed by atoms with Gasteiger partial charge in [-0.25, -0.2) is 4.98 Å². The average molecular weight is 251 g/mol. The third kappa shape index (κ3) is 2.30. The van der Waals surface area contributed by atoms with Crippen LogP contribution in [0.3, 0.4) is 0 Å².